The summed E-state index contributed by atoms with van der Waals surface area (Å²) in [7, 11) is 0. The van der Waals surface area contributed by atoms with Crippen molar-refractivity contribution < 1.29 is 14.3 Å². The van der Waals surface area contributed by atoms with Gasteiger partial charge in [0.25, 0.3) is 0 Å². The van der Waals surface area contributed by atoms with Crippen LogP contribution in [0.25, 0.3) is 0 Å². The first-order valence-corrected chi connectivity index (χ1v) is 8.19. The molecule has 0 aliphatic carbocycles. The van der Waals surface area contributed by atoms with Crippen molar-refractivity contribution in [3.8, 4) is 6.07 Å². The minimum atomic E-state index is -0.434. The molecule has 0 unspecified atom stereocenters. The highest BCUT2D eigenvalue weighted by molar-refractivity contribution is 5.89. The number of likely N-dealkylation sites (tertiary alicyclic amines) is 1. The van der Waals surface area contributed by atoms with E-state index in [1.54, 1.807) is 36.4 Å². The van der Waals surface area contributed by atoms with Gasteiger partial charge in [-0.3, -0.25) is 4.79 Å². The number of carbonyl (C=O) groups is 2. The van der Waals surface area contributed by atoms with Gasteiger partial charge >= 0.3 is 5.97 Å². The van der Waals surface area contributed by atoms with E-state index in [-0.39, 0.29) is 12.5 Å². The Hall–Kier alpha value is -3.13. The number of ether oxygens (including phenoxy) is 1. The van der Waals surface area contributed by atoms with Crippen LogP contribution < -0.4 is 0 Å². The van der Waals surface area contributed by atoms with E-state index >= 15 is 0 Å². The van der Waals surface area contributed by atoms with Gasteiger partial charge in [0.05, 0.1) is 17.2 Å². The summed E-state index contributed by atoms with van der Waals surface area (Å²) in [5, 5.41) is 9.05. The highest BCUT2D eigenvalue weighted by Gasteiger charge is 2.20. The molecule has 1 aliphatic heterocycles. The maximum Gasteiger partial charge on any atom is 0.338 e. The first kappa shape index (κ1) is 16.7. The lowest BCUT2D eigenvalue weighted by atomic mass is 10.1. The molecule has 1 amide bonds. The van der Waals surface area contributed by atoms with Crippen LogP contribution >= 0.6 is 0 Å². The Morgan fingerprint density at radius 1 is 1.16 bits per heavy atom. The minimum absolute atomic E-state index is 0.0621. The largest absolute Gasteiger partial charge is 0.457 e. The van der Waals surface area contributed by atoms with Crippen molar-refractivity contribution >= 4 is 11.9 Å². The van der Waals surface area contributed by atoms with Gasteiger partial charge in [-0.1, -0.05) is 30.3 Å². The monoisotopic (exact) mass is 334 g/mol. The summed E-state index contributed by atoms with van der Waals surface area (Å²) in [6.45, 7) is 1.43. The van der Waals surface area contributed by atoms with E-state index in [9.17, 15) is 9.59 Å². The van der Waals surface area contributed by atoms with Crippen LogP contribution in [-0.2, 0) is 22.7 Å². The fourth-order valence-corrected chi connectivity index (χ4v) is 2.82. The molecular formula is C20H18N2O3. The van der Waals surface area contributed by atoms with E-state index in [1.807, 2.05) is 17.0 Å². The molecule has 1 aliphatic rings. The number of rotatable bonds is 5. The lowest BCUT2D eigenvalue weighted by molar-refractivity contribution is -0.128. The highest BCUT2D eigenvalue weighted by atomic mass is 16.5. The summed E-state index contributed by atoms with van der Waals surface area (Å²) in [6.07, 6.45) is 1.53. The molecule has 0 N–H and O–H groups in total. The van der Waals surface area contributed by atoms with Crippen molar-refractivity contribution in [2.75, 3.05) is 6.54 Å². The lowest BCUT2D eigenvalue weighted by Crippen LogP contribution is -2.23. The Morgan fingerprint density at radius 3 is 2.60 bits per heavy atom. The van der Waals surface area contributed by atoms with Crippen LogP contribution in [0.15, 0.2) is 48.5 Å². The number of amides is 1. The SMILES string of the molecule is N#Cc1ccccc1COC(=O)c1ccc(CN2CCCC2=O)cc1. The van der Waals surface area contributed by atoms with E-state index in [0.717, 1.165) is 18.5 Å². The molecule has 5 nitrogen and oxygen atoms in total. The summed E-state index contributed by atoms with van der Waals surface area (Å²) in [5.41, 5.74) is 2.62. The first-order valence-electron chi connectivity index (χ1n) is 8.19. The standard InChI is InChI=1S/C20H18N2O3/c21-12-17-4-1-2-5-18(17)14-25-20(24)16-9-7-15(8-10-16)13-22-11-3-6-19(22)23/h1-2,4-5,7-10H,3,6,11,13-14H2. The van der Waals surface area contributed by atoms with Crippen LogP contribution in [0, 0.1) is 11.3 Å². The summed E-state index contributed by atoms with van der Waals surface area (Å²) in [6, 6.07) is 16.2. The number of esters is 1. The third-order valence-electron chi connectivity index (χ3n) is 4.23. The Bertz CT molecular complexity index is 822. The molecule has 0 atom stereocenters. The molecule has 1 saturated heterocycles. The number of carbonyl (C=O) groups excluding carboxylic acids is 2. The molecule has 1 fully saturated rings. The molecule has 2 aromatic rings. The topological polar surface area (TPSA) is 70.4 Å². The zero-order valence-electron chi connectivity index (χ0n) is 13.8. The molecule has 0 radical (unpaired) electrons. The Kier molecular flexibility index (Phi) is 5.10. The zero-order valence-corrected chi connectivity index (χ0v) is 13.8. The number of hydrogen-bond acceptors (Lipinski definition) is 4. The third kappa shape index (κ3) is 4.04. The lowest BCUT2D eigenvalue weighted by Gasteiger charge is -2.15. The first-order chi connectivity index (χ1) is 12.2. The molecule has 25 heavy (non-hydrogen) atoms. The number of hydrogen-bond donors (Lipinski definition) is 0. The van der Waals surface area contributed by atoms with Gasteiger partial charge in [-0.25, -0.2) is 4.79 Å². The van der Waals surface area contributed by atoms with Crippen LogP contribution in [0.2, 0.25) is 0 Å². The number of benzene rings is 2. The molecule has 0 aromatic heterocycles. The minimum Gasteiger partial charge on any atom is -0.457 e. The Morgan fingerprint density at radius 2 is 1.92 bits per heavy atom. The normalized spacial score (nSPS) is 13.6. The van der Waals surface area contributed by atoms with Crippen molar-refractivity contribution in [2.45, 2.75) is 26.0 Å². The van der Waals surface area contributed by atoms with Gasteiger partial charge in [-0.05, 0) is 30.2 Å². The van der Waals surface area contributed by atoms with E-state index in [2.05, 4.69) is 6.07 Å². The van der Waals surface area contributed by atoms with Gasteiger partial charge in [0.1, 0.15) is 6.61 Å². The molecule has 126 valence electrons. The maximum atomic E-state index is 12.2. The molecule has 1 heterocycles. The molecule has 3 rings (SSSR count). The van der Waals surface area contributed by atoms with Crippen LogP contribution in [0.5, 0.6) is 0 Å². The Balaban J connectivity index is 1.59. The summed E-state index contributed by atoms with van der Waals surface area (Å²) in [5.74, 6) is -0.254. The molecule has 2 aromatic carbocycles. The van der Waals surface area contributed by atoms with Gasteiger partial charge in [-0.2, -0.15) is 5.26 Å². The zero-order chi connectivity index (χ0) is 17.6. The van der Waals surface area contributed by atoms with Crippen LogP contribution in [0.3, 0.4) is 0 Å². The predicted molar refractivity (Wildman–Crippen MR) is 91.4 cm³/mol. The van der Waals surface area contributed by atoms with Crippen molar-refractivity contribution in [1.82, 2.24) is 4.90 Å². The van der Waals surface area contributed by atoms with Gasteiger partial charge in [0.2, 0.25) is 5.91 Å². The second-order valence-electron chi connectivity index (χ2n) is 5.96. The van der Waals surface area contributed by atoms with Gasteiger partial charge < -0.3 is 9.64 Å². The summed E-state index contributed by atoms with van der Waals surface area (Å²) < 4.78 is 5.29. The highest BCUT2D eigenvalue weighted by Crippen LogP contribution is 2.16. The van der Waals surface area contributed by atoms with E-state index in [1.165, 1.54) is 0 Å². The van der Waals surface area contributed by atoms with E-state index in [0.29, 0.717) is 29.7 Å². The van der Waals surface area contributed by atoms with Crippen LogP contribution in [-0.4, -0.2) is 23.3 Å². The fraction of sp³-hybridized carbons (Fsp3) is 0.250. The maximum absolute atomic E-state index is 12.2. The molecular weight excluding hydrogens is 316 g/mol. The van der Waals surface area contributed by atoms with Gasteiger partial charge in [-0.15, -0.1) is 0 Å². The molecule has 0 bridgehead atoms. The third-order valence-corrected chi connectivity index (χ3v) is 4.23. The van der Waals surface area contributed by atoms with Crippen molar-refractivity contribution in [1.29, 1.82) is 5.26 Å². The van der Waals surface area contributed by atoms with Crippen molar-refractivity contribution in [2.24, 2.45) is 0 Å². The van der Waals surface area contributed by atoms with Gasteiger partial charge in [0, 0.05) is 25.1 Å². The molecule has 0 spiro atoms. The smallest absolute Gasteiger partial charge is 0.338 e. The van der Waals surface area contributed by atoms with Crippen LogP contribution in [0.1, 0.15) is 39.9 Å². The average Bonchev–Trinajstić information content (AvgIpc) is 3.05. The van der Waals surface area contributed by atoms with Crippen molar-refractivity contribution in [3.05, 3.63) is 70.8 Å². The fourth-order valence-electron chi connectivity index (χ4n) is 2.82. The predicted octanol–water partition coefficient (Wildman–Crippen LogP) is 3.04. The molecule has 5 heteroatoms. The number of nitriles is 1. The van der Waals surface area contributed by atoms with Gasteiger partial charge in [0.15, 0.2) is 0 Å². The van der Waals surface area contributed by atoms with Crippen LogP contribution in [0.4, 0.5) is 0 Å². The second-order valence-corrected chi connectivity index (χ2v) is 5.96. The summed E-state index contributed by atoms with van der Waals surface area (Å²) >= 11 is 0. The van der Waals surface area contributed by atoms with Crippen molar-refractivity contribution in [3.63, 3.8) is 0 Å². The summed E-state index contributed by atoms with van der Waals surface area (Å²) in [4.78, 5) is 25.6. The quantitative estimate of drug-likeness (QED) is 0.788. The molecule has 0 saturated carbocycles. The number of nitrogens with zero attached hydrogens (tertiary/aromatic N) is 2. The average molecular weight is 334 g/mol. The second kappa shape index (κ2) is 7.63. The van der Waals surface area contributed by atoms with E-state index in [4.69, 9.17) is 10.00 Å². The van der Waals surface area contributed by atoms with E-state index < -0.39 is 5.97 Å². The Labute approximate surface area is 146 Å².